The predicted octanol–water partition coefficient (Wildman–Crippen LogP) is 1.41. The smallest absolute Gasteiger partial charge is 0.222 e. The first-order chi connectivity index (χ1) is 6.41. The molecule has 3 heteroatoms. The normalized spacial score (nSPS) is 24.6. The van der Waals surface area contributed by atoms with Gasteiger partial charge in [0.25, 0.3) is 0 Å². The summed E-state index contributed by atoms with van der Waals surface area (Å²) in [4.78, 5) is 13.4. The molecule has 1 aliphatic rings. The van der Waals surface area contributed by atoms with E-state index >= 15 is 0 Å². The summed E-state index contributed by atoms with van der Waals surface area (Å²) >= 11 is 0. The highest BCUT2D eigenvalue weighted by Gasteiger charge is 2.27. The van der Waals surface area contributed by atoms with Crippen molar-refractivity contribution in [1.82, 2.24) is 4.90 Å². The van der Waals surface area contributed by atoms with Gasteiger partial charge in [-0.25, -0.2) is 0 Å². The van der Waals surface area contributed by atoms with Crippen molar-refractivity contribution in [1.29, 1.82) is 0 Å². The molecule has 1 atom stereocenters. The van der Waals surface area contributed by atoms with Crippen molar-refractivity contribution in [3.8, 4) is 0 Å². The van der Waals surface area contributed by atoms with Crippen molar-refractivity contribution in [2.45, 2.75) is 46.1 Å². The summed E-state index contributed by atoms with van der Waals surface area (Å²) in [5, 5.41) is 9.25. The fraction of sp³-hybridized carbons (Fsp3) is 0.909. The summed E-state index contributed by atoms with van der Waals surface area (Å²) in [6.07, 6.45) is 2.20. The van der Waals surface area contributed by atoms with Gasteiger partial charge in [-0.2, -0.15) is 0 Å². The van der Waals surface area contributed by atoms with E-state index in [4.69, 9.17) is 0 Å². The maximum absolute atomic E-state index is 11.7. The Kier molecular flexibility index (Phi) is 3.53. The average Bonchev–Trinajstić information content (AvgIpc) is 2.17. The van der Waals surface area contributed by atoms with Crippen molar-refractivity contribution in [2.75, 3.05) is 13.1 Å². The highest BCUT2D eigenvalue weighted by atomic mass is 16.3. The van der Waals surface area contributed by atoms with Crippen molar-refractivity contribution in [3.63, 3.8) is 0 Å². The van der Waals surface area contributed by atoms with Crippen LogP contribution in [0.15, 0.2) is 0 Å². The van der Waals surface area contributed by atoms with E-state index in [-0.39, 0.29) is 11.3 Å². The number of hydrogen-bond donors (Lipinski definition) is 1. The van der Waals surface area contributed by atoms with Gasteiger partial charge in [-0.1, -0.05) is 13.8 Å². The first kappa shape index (κ1) is 11.5. The second-order valence-corrected chi connectivity index (χ2v) is 5.10. The van der Waals surface area contributed by atoms with Gasteiger partial charge >= 0.3 is 0 Å². The molecular weight excluding hydrogens is 178 g/mol. The highest BCUT2D eigenvalue weighted by Crippen LogP contribution is 2.30. The number of β-amino-alcohol motifs (C(OH)–C–C–N with tert-alkyl or cyclic N) is 1. The lowest BCUT2D eigenvalue weighted by molar-refractivity contribution is -0.131. The minimum atomic E-state index is -0.417. The maximum Gasteiger partial charge on any atom is 0.222 e. The third-order valence-corrected chi connectivity index (χ3v) is 2.91. The molecule has 1 heterocycles. The largest absolute Gasteiger partial charge is 0.392 e. The molecule has 1 fully saturated rings. The molecule has 1 saturated heterocycles. The van der Waals surface area contributed by atoms with Gasteiger partial charge in [-0.15, -0.1) is 0 Å². The Balaban J connectivity index is 2.56. The second kappa shape index (κ2) is 4.30. The van der Waals surface area contributed by atoms with Gasteiger partial charge in [0, 0.05) is 19.5 Å². The minimum Gasteiger partial charge on any atom is -0.392 e. The predicted molar refractivity (Wildman–Crippen MR) is 55.9 cm³/mol. The first-order valence-electron chi connectivity index (χ1n) is 5.36. The molecule has 0 aromatic rings. The number of carbonyl (C=O) groups excluding carboxylic acids is 1. The fourth-order valence-corrected chi connectivity index (χ4v) is 1.80. The van der Waals surface area contributed by atoms with Gasteiger partial charge < -0.3 is 10.0 Å². The maximum atomic E-state index is 11.7. The lowest BCUT2D eigenvalue weighted by Crippen LogP contribution is -2.36. The molecular formula is C11H21NO2. The van der Waals surface area contributed by atoms with Crippen LogP contribution in [0.2, 0.25) is 0 Å². The number of likely N-dealkylation sites (tertiary alicyclic amines) is 1. The third kappa shape index (κ3) is 3.29. The van der Waals surface area contributed by atoms with E-state index in [0.717, 1.165) is 19.4 Å². The topological polar surface area (TPSA) is 40.5 Å². The van der Waals surface area contributed by atoms with Gasteiger partial charge in [0.05, 0.1) is 6.10 Å². The molecule has 1 aliphatic heterocycles. The van der Waals surface area contributed by atoms with Crippen LogP contribution in [0.5, 0.6) is 0 Å². The molecule has 1 amide bonds. The van der Waals surface area contributed by atoms with Crippen LogP contribution in [-0.4, -0.2) is 35.1 Å². The summed E-state index contributed by atoms with van der Waals surface area (Å²) in [6.45, 7) is 7.40. The van der Waals surface area contributed by atoms with Gasteiger partial charge in [0.1, 0.15) is 0 Å². The lowest BCUT2D eigenvalue weighted by atomic mass is 9.85. The highest BCUT2D eigenvalue weighted by molar-refractivity contribution is 5.76. The molecule has 0 aliphatic carbocycles. The van der Waals surface area contributed by atoms with Crippen LogP contribution < -0.4 is 0 Å². The summed E-state index contributed by atoms with van der Waals surface area (Å²) < 4.78 is 0. The van der Waals surface area contributed by atoms with Crippen LogP contribution in [0.1, 0.15) is 40.0 Å². The van der Waals surface area contributed by atoms with Crippen LogP contribution in [0, 0.1) is 5.41 Å². The SMILES string of the molecule is C[C@H](O)CN1CCC(C)(C)CCC1=O. The van der Waals surface area contributed by atoms with E-state index in [9.17, 15) is 9.90 Å². The Bertz CT molecular complexity index is 211. The van der Waals surface area contributed by atoms with Crippen LogP contribution in [0.3, 0.4) is 0 Å². The molecule has 0 radical (unpaired) electrons. The first-order valence-corrected chi connectivity index (χ1v) is 5.36. The quantitative estimate of drug-likeness (QED) is 0.730. The van der Waals surface area contributed by atoms with E-state index in [0.29, 0.717) is 13.0 Å². The number of hydrogen-bond acceptors (Lipinski definition) is 2. The Hall–Kier alpha value is -0.570. The van der Waals surface area contributed by atoms with Crippen LogP contribution in [0.4, 0.5) is 0 Å². The number of aliphatic hydroxyl groups is 1. The molecule has 0 saturated carbocycles. The molecule has 3 nitrogen and oxygen atoms in total. The molecule has 0 spiro atoms. The Morgan fingerprint density at radius 1 is 1.50 bits per heavy atom. The van der Waals surface area contributed by atoms with Crippen LogP contribution in [0.25, 0.3) is 0 Å². The van der Waals surface area contributed by atoms with Gasteiger partial charge in [-0.3, -0.25) is 4.79 Å². The number of carbonyl (C=O) groups is 1. The van der Waals surface area contributed by atoms with Crippen LogP contribution in [-0.2, 0) is 4.79 Å². The second-order valence-electron chi connectivity index (χ2n) is 5.10. The zero-order valence-electron chi connectivity index (χ0n) is 9.42. The van der Waals surface area contributed by atoms with Crippen molar-refractivity contribution >= 4 is 5.91 Å². The number of aliphatic hydroxyl groups excluding tert-OH is 1. The molecule has 1 N–H and O–H groups in total. The zero-order valence-corrected chi connectivity index (χ0v) is 9.42. The van der Waals surface area contributed by atoms with Gasteiger partial charge in [0.15, 0.2) is 0 Å². The Morgan fingerprint density at radius 3 is 2.71 bits per heavy atom. The molecule has 0 bridgehead atoms. The Labute approximate surface area is 86.1 Å². The summed E-state index contributed by atoms with van der Waals surface area (Å²) in [6, 6.07) is 0. The summed E-state index contributed by atoms with van der Waals surface area (Å²) in [5.74, 6) is 0.191. The average molecular weight is 199 g/mol. The van der Waals surface area contributed by atoms with E-state index < -0.39 is 6.10 Å². The minimum absolute atomic E-state index is 0.191. The van der Waals surface area contributed by atoms with E-state index in [1.165, 1.54) is 0 Å². The van der Waals surface area contributed by atoms with E-state index in [1.807, 2.05) is 0 Å². The van der Waals surface area contributed by atoms with Gasteiger partial charge in [0.2, 0.25) is 5.91 Å². The van der Waals surface area contributed by atoms with E-state index in [2.05, 4.69) is 13.8 Å². The Morgan fingerprint density at radius 2 is 2.14 bits per heavy atom. The molecule has 14 heavy (non-hydrogen) atoms. The van der Waals surface area contributed by atoms with Crippen molar-refractivity contribution in [2.24, 2.45) is 5.41 Å². The van der Waals surface area contributed by atoms with Crippen molar-refractivity contribution < 1.29 is 9.90 Å². The van der Waals surface area contributed by atoms with Gasteiger partial charge in [-0.05, 0) is 25.2 Å². The zero-order chi connectivity index (χ0) is 10.8. The van der Waals surface area contributed by atoms with E-state index in [1.54, 1.807) is 11.8 Å². The number of amides is 1. The summed E-state index contributed by atoms with van der Waals surface area (Å²) in [5.41, 5.74) is 0.267. The standard InChI is InChI=1S/C11H21NO2/c1-9(13)8-12-7-6-11(2,3)5-4-10(12)14/h9,13H,4-8H2,1-3H3/t9-/m0/s1. The van der Waals surface area contributed by atoms with Crippen LogP contribution >= 0.6 is 0 Å². The lowest BCUT2D eigenvalue weighted by Gasteiger charge is -2.24. The molecule has 82 valence electrons. The molecule has 0 aromatic carbocycles. The molecule has 0 aromatic heterocycles. The fourth-order valence-electron chi connectivity index (χ4n) is 1.80. The number of rotatable bonds is 2. The summed E-state index contributed by atoms with van der Waals surface area (Å²) in [7, 11) is 0. The third-order valence-electron chi connectivity index (χ3n) is 2.91. The molecule has 0 unspecified atom stereocenters. The number of nitrogens with zero attached hydrogens (tertiary/aromatic N) is 1. The van der Waals surface area contributed by atoms with Crippen molar-refractivity contribution in [3.05, 3.63) is 0 Å². The molecule has 1 rings (SSSR count). The monoisotopic (exact) mass is 199 g/mol.